The Bertz CT molecular complexity index is 681. The molecular formula is C15H15N3O2. The number of nitrogens with one attached hydrogen (secondary N) is 1. The Morgan fingerprint density at radius 2 is 1.90 bits per heavy atom. The van der Waals surface area contributed by atoms with Gasteiger partial charge in [-0.3, -0.25) is 9.59 Å². The lowest BCUT2D eigenvalue weighted by Crippen LogP contribution is -2.16. The molecule has 0 aliphatic heterocycles. The van der Waals surface area contributed by atoms with Gasteiger partial charge in [0.2, 0.25) is 5.91 Å². The van der Waals surface area contributed by atoms with Gasteiger partial charge in [-0.15, -0.1) is 0 Å². The fraction of sp³-hybridized carbons (Fsp3) is 0.133. The second-order valence-electron chi connectivity index (χ2n) is 4.51. The number of aromatic nitrogens is 1. The molecule has 2 aromatic rings. The van der Waals surface area contributed by atoms with Crippen LogP contribution in [-0.4, -0.2) is 16.8 Å². The molecule has 1 aromatic heterocycles. The number of carbonyl (C=O) groups excluding carboxylic acids is 2. The molecule has 5 heteroatoms. The summed E-state index contributed by atoms with van der Waals surface area (Å²) >= 11 is 0. The molecule has 0 saturated carbocycles. The summed E-state index contributed by atoms with van der Waals surface area (Å²) < 4.78 is 0. The molecule has 3 N–H and O–H groups in total. The molecule has 0 saturated heterocycles. The highest BCUT2D eigenvalue weighted by Crippen LogP contribution is 2.17. The molecule has 0 bridgehead atoms. The van der Waals surface area contributed by atoms with Crippen molar-refractivity contribution in [3.05, 3.63) is 58.9 Å². The Kier molecular flexibility index (Phi) is 3.79. The first-order chi connectivity index (χ1) is 9.47. The fourth-order valence-corrected chi connectivity index (χ4v) is 1.77. The number of amides is 2. The van der Waals surface area contributed by atoms with Crippen molar-refractivity contribution in [1.82, 2.24) is 4.98 Å². The van der Waals surface area contributed by atoms with Crippen LogP contribution >= 0.6 is 0 Å². The average molecular weight is 269 g/mol. The van der Waals surface area contributed by atoms with Gasteiger partial charge < -0.3 is 11.1 Å². The van der Waals surface area contributed by atoms with E-state index in [1.54, 1.807) is 30.3 Å². The van der Waals surface area contributed by atoms with Crippen molar-refractivity contribution < 1.29 is 9.59 Å². The summed E-state index contributed by atoms with van der Waals surface area (Å²) in [5.74, 6) is -0.854. The zero-order valence-electron chi connectivity index (χ0n) is 11.3. The quantitative estimate of drug-likeness (QED) is 0.894. The number of pyridine rings is 1. The molecule has 0 aliphatic rings. The Hall–Kier alpha value is -2.69. The SMILES string of the molecule is Cc1cccc(C(=O)Nc2cc(C(N)=O)ccc2C)n1. The minimum atomic E-state index is -0.533. The molecule has 0 fully saturated rings. The zero-order valence-corrected chi connectivity index (χ0v) is 11.3. The summed E-state index contributed by atoms with van der Waals surface area (Å²) in [4.78, 5) is 27.4. The number of rotatable bonds is 3. The van der Waals surface area contributed by atoms with Crippen LogP contribution in [0.1, 0.15) is 32.1 Å². The monoisotopic (exact) mass is 269 g/mol. The molecule has 0 radical (unpaired) electrons. The van der Waals surface area contributed by atoms with E-state index in [0.717, 1.165) is 11.3 Å². The van der Waals surface area contributed by atoms with E-state index in [1.807, 2.05) is 19.9 Å². The smallest absolute Gasteiger partial charge is 0.274 e. The molecule has 102 valence electrons. The van der Waals surface area contributed by atoms with E-state index in [9.17, 15) is 9.59 Å². The third-order valence-corrected chi connectivity index (χ3v) is 2.89. The molecular weight excluding hydrogens is 254 g/mol. The number of nitrogens with two attached hydrogens (primary N) is 1. The van der Waals surface area contributed by atoms with Crippen LogP contribution in [0.2, 0.25) is 0 Å². The minimum absolute atomic E-state index is 0.321. The van der Waals surface area contributed by atoms with Crippen molar-refractivity contribution >= 4 is 17.5 Å². The van der Waals surface area contributed by atoms with E-state index in [2.05, 4.69) is 10.3 Å². The molecule has 0 atom stereocenters. The van der Waals surface area contributed by atoms with Crippen LogP contribution in [0.3, 0.4) is 0 Å². The van der Waals surface area contributed by atoms with E-state index in [4.69, 9.17) is 5.73 Å². The second kappa shape index (κ2) is 5.52. The van der Waals surface area contributed by atoms with Crippen molar-refractivity contribution in [2.24, 2.45) is 5.73 Å². The Labute approximate surface area is 116 Å². The molecule has 0 spiro atoms. The molecule has 5 nitrogen and oxygen atoms in total. The molecule has 0 aliphatic carbocycles. The van der Waals surface area contributed by atoms with Crippen molar-refractivity contribution in [1.29, 1.82) is 0 Å². The summed E-state index contributed by atoms with van der Waals surface area (Å²) in [7, 11) is 0. The largest absolute Gasteiger partial charge is 0.366 e. The Balaban J connectivity index is 2.27. The summed E-state index contributed by atoms with van der Waals surface area (Å²) in [5.41, 5.74) is 8.07. The number of aryl methyl sites for hydroxylation is 2. The lowest BCUT2D eigenvalue weighted by Gasteiger charge is -2.09. The molecule has 20 heavy (non-hydrogen) atoms. The van der Waals surface area contributed by atoms with E-state index < -0.39 is 5.91 Å². The maximum atomic E-state index is 12.1. The fourth-order valence-electron chi connectivity index (χ4n) is 1.77. The predicted molar refractivity (Wildman–Crippen MR) is 76.6 cm³/mol. The van der Waals surface area contributed by atoms with E-state index >= 15 is 0 Å². The summed E-state index contributed by atoms with van der Waals surface area (Å²) in [5, 5.41) is 2.74. The number of benzene rings is 1. The standard InChI is InChI=1S/C15H15N3O2/c1-9-6-7-11(14(16)19)8-13(9)18-15(20)12-5-3-4-10(2)17-12/h3-8H,1-2H3,(H2,16,19)(H,18,20). The van der Waals surface area contributed by atoms with Gasteiger partial charge in [-0.05, 0) is 43.7 Å². The highest BCUT2D eigenvalue weighted by Gasteiger charge is 2.11. The van der Waals surface area contributed by atoms with Crippen molar-refractivity contribution in [2.45, 2.75) is 13.8 Å². The van der Waals surface area contributed by atoms with Crippen LogP contribution in [0.4, 0.5) is 5.69 Å². The van der Waals surface area contributed by atoms with Gasteiger partial charge in [-0.2, -0.15) is 0 Å². The molecule has 2 rings (SSSR count). The summed E-state index contributed by atoms with van der Waals surface area (Å²) in [6, 6.07) is 10.1. The number of nitrogens with zero attached hydrogens (tertiary/aromatic N) is 1. The summed E-state index contributed by atoms with van der Waals surface area (Å²) in [6.07, 6.45) is 0. The number of carbonyl (C=O) groups is 2. The number of anilines is 1. The highest BCUT2D eigenvalue weighted by atomic mass is 16.2. The van der Waals surface area contributed by atoms with Gasteiger partial charge in [-0.25, -0.2) is 4.98 Å². The number of hydrogen-bond donors (Lipinski definition) is 2. The lowest BCUT2D eigenvalue weighted by atomic mass is 10.1. The van der Waals surface area contributed by atoms with E-state index in [0.29, 0.717) is 16.9 Å². The van der Waals surface area contributed by atoms with Crippen LogP contribution in [0.25, 0.3) is 0 Å². The maximum absolute atomic E-state index is 12.1. The maximum Gasteiger partial charge on any atom is 0.274 e. The zero-order chi connectivity index (χ0) is 14.7. The third kappa shape index (κ3) is 3.00. The van der Waals surface area contributed by atoms with E-state index in [1.165, 1.54) is 0 Å². The van der Waals surface area contributed by atoms with Crippen LogP contribution in [0.5, 0.6) is 0 Å². The van der Waals surface area contributed by atoms with Crippen molar-refractivity contribution in [2.75, 3.05) is 5.32 Å². The van der Waals surface area contributed by atoms with Gasteiger partial charge in [0, 0.05) is 16.9 Å². The Morgan fingerprint density at radius 3 is 2.55 bits per heavy atom. The number of hydrogen-bond acceptors (Lipinski definition) is 3. The predicted octanol–water partition coefficient (Wildman–Crippen LogP) is 2.05. The normalized spacial score (nSPS) is 10.1. The van der Waals surface area contributed by atoms with Gasteiger partial charge in [0.05, 0.1) is 0 Å². The van der Waals surface area contributed by atoms with Gasteiger partial charge >= 0.3 is 0 Å². The highest BCUT2D eigenvalue weighted by molar-refractivity contribution is 6.04. The first-order valence-corrected chi connectivity index (χ1v) is 6.13. The van der Waals surface area contributed by atoms with Crippen molar-refractivity contribution in [3.8, 4) is 0 Å². The minimum Gasteiger partial charge on any atom is -0.366 e. The molecule has 0 unspecified atom stereocenters. The Morgan fingerprint density at radius 1 is 1.15 bits per heavy atom. The first-order valence-electron chi connectivity index (χ1n) is 6.13. The topological polar surface area (TPSA) is 85.1 Å². The van der Waals surface area contributed by atoms with Gasteiger partial charge in [0.1, 0.15) is 5.69 Å². The van der Waals surface area contributed by atoms with Crippen LogP contribution in [0.15, 0.2) is 36.4 Å². The van der Waals surface area contributed by atoms with E-state index in [-0.39, 0.29) is 5.91 Å². The van der Waals surface area contributed by atoms with Crippen LogP contribution < -0.4 is 11.1 Å². The van der Waals surface area contributed by atoms with Crippen molar-refractivity contribution in [3.63, 3.8) is 0 Å². The van der Waals surface area contributed by atoms with Gasteiger partial charge in [-0.1, -0.05) is 12.1 Å². The molecule has 1 aromatic carbocycles. The second-order valence-corrected chi connectivity index (χ2v) is 4.51. The average Bonchev–Trinajstić information content (AvgIpc) is 2.41. The molecule has 2 amide bonds. The first kappa shape index (κ1) is 13.7. The molecule has 1 heterocycles. The van der Waals surface area contributed by atoms with Gasteiger partial charge in [0.15, 0.2) is 0 Å². The third-order valence-electron chi connectivity index (χ3n) is 2.89. The van der Waals surface area contributed by atoms with Gasteiger partial charge in [0.25, 0.3) is 5.91 Å². The van der Waals surface area contributed by atoms with Crippen LogP contribution in [0, 0.1) is 13.8 Å². The lowest BCUT2D eigenvalue weighted by molar-refractivity contribution is 0.0995. The summed E-state index contributed by atoms with van der Waals surface area (Å²) in [6.45, 7) is 3.65. The number of primary amides is 1. The van der Waals surface area contributed by atoms with Crippen LogP contribution in [-0.2, 0) is 0 Å².